The van der Waals surface area contributed by atoms with Crippen LogP contribution < -0.4 is 10.1 Å². The van der Waals surface area contributed by atoms with Gasteiger partial charge in [0, 0.05) is 12.1 Å². The third-order valence-corrected chi connectivity index (χ3v) is 5.29. The van der Waals surface area contributed by atoms with E-state index in [1.165, 1.54) is 5.56 Å². The Kier molecular flexibility index (Phi) is 9.10. The van der Waals surface area contributed by atoms with Crippen LogP contribution in [0.4, 0.5) is 5.69 Å². The van der Waals surface area contributed by atoms with E-state index in [9.17, 15) is 9.59 Å². The largest absolute Gasteiger partial charge is 0.494 e. The summed E-state index contributed by atoms with van der Waals surface area (Å²) in [6, 6.07) is 14.9. The van der Waals surface area contributed by atoms with Crippen molar-refractivity contribution in [1.29, 1.82) is 0 Å². The van der Waals surface area contributed by atoms with Crippen molar-refractivity contribution in [1.82, 2.24) is 0 Å². The molecular weight excluding hydrogens is 390 g/mol. The molecule has 0 saturated carbocycles. The molecule has 0 aliphatic carbocycles. The maximum atomic E-state index is 12.1. The Bertz CT molecular complexity index is 839. The first kappa shape index (κ1) is 24.4. The van der Waals surface area contributed by atoms with Gasteiger partial charge in [-0.25, -0.2) is 4.79 Å². The maximum absolute atomic E-state index is 12.1. The summed E-state index contributed by atoms with van der Waals surface area (Å²) < 4.78 is 11.0. The monoisotopic (exact) mass is 425 g/mol. The lowest BCUT2D eigenvalue weighted by molar-refractivity contribution is -0.116. The van der Waals surface area contributed by atoms with Gasteiger partial charge in [-0.15, -0.1) is 0 Å². The van der Waals surface area contributed by atoms with E-state index in [1.807, 2.05) is 26.0 Å². The number of amides is 1. The summed E-state index contributed by atoms with van der Waals surface area (Å²) in [6.45, 7) is 11.5. The van der Waals surface area contributed by atoms with Crippen molar-refractivity contribution in [3.63, 3.8) is 0 Å². The number of benzene rings is 2. The van der Waals surface area contributed by atoms with Crippen molar-refractivity contribution >= 4 is 17.6 Å². The summed E-state index contributed by atoms with van der Waals surface area (Å²) in [4.78, 5) is 24.1. The highest BCUT2D eigenvalue weighted by molar-refractivity contribution is 5.93. The van der Waals surface area contributed by atoms with Crippen LogP contribution in [0, 0.1) is 5.92 Å². The number of nitrogens with one attached hydrogen (secondary N) is 1. The zero-order valence-corrected chi connectivity index (χ0v) is 19.4. The first-order chi connectivity index (χ1) is 14.7. The molecule has 0 aliphatic heterocycles. The first-order valence-electron chi connectivity index (χ1n) is 11.0. The molecule has 0 bridgehead atoms. The third kappa shape index (κ3) is 8.08. The second-order valence-electron chi connectivity index (χ2n) is 8.83. The van der Waals surface area contributed by atoms with Gasteiger partial charge in [-0.2, -0.15) is 0 Å². The number of hydrogen-bond acceptors (Lipinski definition) is 4. The predicted molar refractivity (Wildman–Crippen MR) is 125 cm³/mol. The SMILES string of the molecule is CCC(C)(C)c1ccc(OCCCC(=O)Nc2ccc(C(=O)OCC(C)C)cc2)cc1. The van der Waals surface area contributed by atoms with E-state index in [4.69, 9.17) is 9.47 Å². The molecule has 5 nitrogen and oxygen atoms in total. The van der Waals surface area contributed by atoms with Crippen molar-refractivity contribution in [2.75, 3.05) is 18.5 Å². The molecule has 0 heterocycles. The van der Waals surface area contributed by atoms with Gasteiger partial charge in [-0.1, -0.05) is 46.8 Å². The highest BCUT2D eigenvalue weighted by Crippen LogP contribution is 2.28. The van der Waals surface area contributed by atoms with Crippen LogP contribution in [-0.4, -0.2) is 25.1 Å². The lowest BCUT2D eigenvalue weighted by atomic mass is 9.82. The van der Waals surface area contributed by atoms with Gasteiger partial charge in [0.25, 0.3) is 0 Å². The summed E-state index contributed by atoms with van der Waals surface area (Å²) >= 11 is 0. The molecule has 1 N–H and O–H groups in total. The lowest BCUT2D eigenvalue weighted by Gasteiger charge is -2.23. The van der Waals surface area contributed by atoms with Gasteiger partial charge in [-0.05, 0) is 66.1 Å². The summed E-state index contributed by atoms with van der Waals surface area (Å²) in [7, 11) is 0. The predicted octanol–water partition coefficient (Wildman–Crippen LogP) is 5.98. The van der Waals surface area contributed by atoms with Gasteiger partial charge in [0.05, 0.1) is 18.8 Å². The van der Waals surface area contributed by atoms with Gasteiger partial charge in [0.15, 0.2) is 0 Å². The fourth-order valence-corrected chi connectivity index (χ4v) is 2.87. The molecule has 0 unspecified atom stereocenters. The molecular formula is C26H35NO4. The smallest absolute Gasteiger partial charge is 0.338 e. The minimum atomic E-state index is -0.352. The topological polar surface area (TPSA) is 64.6 Å². The van der Waals surface area contributed by atoms with E-state index >= 15 is 0 Å². The standard InChI is InChI=1S/C26H35NO4/c1-6-26(4,5)21-11-15-23(16-12-21)30-17-7-8-24(28)27-22-13-9-20(10-14-22)25(29)31-18-19(2)3/h9-16,19H,6-8,17-18H2,1-5H3,(H,27,28). The molecule has 0 saturated heterocycles. The molecule has 0 aliphatic rings. The zero-order chi connectivity index (χ0) is 22.9. The Balaban J connectivity index is 1.72. The van der Waals surface area contributed by atoms with E-state index in [2.05, 4.69) is 38.2 Å². The Hall–Kier alpha value is -2.82. The van der Waals surface area contributed by atoms with Crippen LogP contribution in [0.15, 0.2) is 48.5 Å². The van der Waals surface area contributed by atoms with Crippen LogP contribution in [0.5, 0.6) is 5.75 Å². The van der Waals surface area contributed by atoms with Crippen LogP contribution in [-0.2, 0) is 14.9 Å². The molecule has 2 aromatic carbocycles. The maximum Gasteiger partial charge on any atom is 0.338 e. The van der Waals surface area contributed by atoms with Crippen LogP contribution in [0.3, 0.4) is 0 Å². The number of carbonyl (C=O) groups excluding carboxylic acids is 2. The van der Waals surface area contributed by atoms with Gasteiger partial charge in [0.2, 0.25) is 5.91 Å². The fraction of sp³-hybridized carbons (Fsp3) is 0.462. The van der Waals surface area contributed by atoms with Gasteiger partial charge < -0.3 is 14.8 Å². The second kappa shape index (κ2) is 11.5. The molecule has 5 heteroatoms. The van der Waals surface area contributed by atoms with Crippen molar-refractivity contribution in [2.24, 2.45) is 5.92 Å². The molecule has 0 spiro atoms. The van der Waals surface area contributed by atoms with Crippen LogP contribution >= 0.6 is 0 Å². The Morgan fingerprint density at radius 1 is 1.00 bits per heavy atom. The molecule has 0 atom stereocenters. The average molecular weight is 426 g/mol. The highest BCUT2D eigenvalue weighted by atomic mass is 16.5. The van der Waals surface area contributed by atoms with Crippen molar-refractivity contribution in [3.05, 3.63) is 59.7 Å². The van der Waals surface area contributed by atoms with E-state index < -0.39 is 0 Å². The minimum absolute atomic E-state index is 0.0845. The normalized spacial score (nSPS) is 11.3. The van der Waals surface area contributed by atoms with E-state index in [1.54, 1.807) is 24.3 Å². The third-order valence-electron chi connectivity index (χ3n) is 5.29. The van der Waals surface area contributed by atoms with E-state index in [-0.39, 0.29) is 17.3 Å². The zero-order valence-electron chi connectivity index (χ0n) is 19.4. The molecule has 2 rings (SSSR count). The molecule has 0 radical (unpaired) electrons. The molecule has 168 valence electrons. The van der Waals surface area contributed by atoms with Gasteiger partial charge in [0.1, 0.15) is 5.75 Å². The summed E-state index contributed by atoms with van der Waals surface area (Å²) in [5.41, 5.74) is 2.57. The average Bonchev–Trinajstić information content (AvgIpc) is 2.76. The highest BCUT2D eigenvalue weighted by Gasteiger charge is 2.17. The Morgan fingerprint density at radius 2 is 1.65 bits per heavy atom. The molecule has 1 amide bonds. The van der Waals surface area contributed by atoms with E-state index in [0.717, 1.165) is 12.2 Å². The van der Waals surface area contributed by atoms with Crippen LogP contribution in [0.1, 0.15) is 69.8 Å². The van der Waals surface area contributed by atoms with Gasteiger partial charge in [-0.3, -0.25) is 4.79 Å². The number of carbonyl (C=O) groups is 2. The van der Waals surface area contributed by atoms with Crippen molar-refractivity contribution in [3.8, 4) is 5.75 Å². The molecule has 0 fully saturated rings. The number of rotatable bonds is 11. The van der Waals surface area contributed by atoms with Crippen molar-refractivity contribution < 1.29 is 19.1 Å². The summed E-state index contributed by atoms with van der Waals surface area (Å²) in [6.07, 6.45) is 2.06. The minimum Gasteiger partial charge on any atom is -0.494 e. The van der Waals surface area contributed by atoms with E-state index in [0.29, 0.717) is 43.2 Å². The number of ether oxygens (including phenoxy) is 2. The number of esters is 1. The van der Waals surface area contributed by atoms with Crippen LogP contribution in [0.25, 0.3) is 0 Å². The van der Waals surface area contributed by atoms with Gasteiger partial charge >= 0.3 is 5.97 Å². The number of hydrogen-bond donors (Lipinski definition) is 1. The quantitative estimate of drug-likeness (QED) is 0.355. The lowest BCUT2D eigenvalue weighted by Crippen LogP contribution is -2.15. The molecule has 31 heavy (non-hydrogen) atoms. The molecule has 2 aromatic rings. The molecule has 0 aromatic heterocycles. The van der Waals surface area contributed by atoms with Crippen molar-refractivity contribution in [2.45, 2.75) is 59.3 Å². The Morgan fingerprint density at radius 3 is 2.23 bits per heavy atom. The summed E-state index contributed by atoms with van der Waals surface area (Å²) in [5.74, 6) is 0.670. The number of anilines is 1. The fourth-order valence-electron chi connectivity index (χ4n) is 2.87. The second-order valence-corrected chi connectivity index (χ2v) is 8.83. The Labute approximate surface area is 186 Å². The summed E-state index contributed by atoms with van der Waals surface area (Å²) in [5, 5.41) is 2.84. The van der Waals surface area contributed by atoms with Crippen LogP contribution in [0.2, 0.25) is 0 Å². The first-order valence-corrected chi connectivity index (χ1v) is 11.0.